The third-order valence-electron chi connectivity index (χ3n) is 5.24. The smallest absolute Gasteiger partial charge is 0.314 e. The molecule has 5 nitrogen and oxygen atoms in total. The van der Waals surface area contributed by atoms with Gasteiger partial charge in [0.1, 0.15) is 0 Å². The lowest BCUT2D eigenvalue weighted by molar-refractivity contribution is 0.206. The Bertz CT molecular complexity index is 990. The van der Waals surface area contributed by atoms with Crippen molar-refractivity contribution in [1.82, 2.24) is 4.90 Å². The second-order valence-corrected chi connectivity index (χ2v) is 10.2. The second kappa shape index (κ2) is 6.87. The number of amides is 2. The normalized spacial score (nSPS) is 23.7. The van der Waals surface area contributed by atoms with Gasteiger partial charge in [0.05, 0.1) is 23.6 Å². The molecule has 0 bridgehead atoms. The average molecular weight is 403 g/mol. The molecule has 0 spiro atoms. The van der Waals surface area contributed by atoms with Crippen LogP contribution in [0.5, 0.6) is 0 Å². The zero-order valence-corrected chi connectivity index (χ0v) is 17.0. The van der Waals surface area contributed by atoms with Crippen LogP contribution in [0.4, 0.5) is 10.5 Å². The van der Waals surface area contributed by atoms with E-state index in [9.17, 15) is 13.2 Å². The number of fused-ring (bicyclic) bond motifs is 1. The first-order chi connectivity index (χ1) is 12.9. The minimum Gasteiger partial charge on any atom is -0.314 e. The summed E-state index contributed by atoms with van der Waals surface area (Å²) in [6.07, 6.45) is 1.98. The molecular formula is C20H22N2O3S2. The first kappa shape index (κ1) is 18.4. The number of aryl methyl sites for hydroxylation is 1. The number of benzene rings is 2. The molecule has 142 valence electrons. The quantitative estimate of drug-likeness (QED) is 0.581. The number of rotatable bonds is 4. The number of thioether (sulfide) groups is 1. The van der Waals surface area contributed by atoms with Gasteiger partial charge in [-0.2, -0.15) is 0 Å². The molecule has 2 amide bonds. The minimum absolute atomic E-state index is 0.0250. The first-order valence-electron chi connectivity index (χ1n) is 8.88. The number of carbonyl (C=O) groups is 1. The number of carbonyl (C=O) groups excluding carboxylic acids is 1. The molecule has 2 aliphatic rings. The van der Waals surface area contributed by atoms with Crippen LogP contribution in [-0.2, 0) is 16.4 Å². The molecule has 2 heterocycles. The lowest BCUT2D eigenvalue weighted by atomic mass is 10.1. The summed E-state index contributed by atoms with van der Waals surface area (Å²) in [5, 5.41) is 0. The minimum atomic E-state index is -3.16. The van der Waals surface area contributed by atoms with E-state index in [0.29, 0.717) is 6.54 Å². The Morgan fingerprint density at radius 2 is 1.81 bits per heavy atom. The maximum absolute atomic E-state index is 13.3. The summed E-state index contributed by atoms with van der Waals surface area (Å²) in [4.78, 5) is 17.7. The highest BCUT2D eigenvalue weighted by Crippen LogP contribution is 2.37. The zero-order chi connectivity index (χ0) is 19.2. The molecule has 27 heavy (non-hydrogen) atoms. The Hall–Kier alpha value is -1.99. The highest BCUT2D eigenvalue weighted by atomic mass is 32.2. The number of anilines is 1. The Morgan fingerprint density at radius 1 is 1.07 bits per heavy atom. The predicted molar refractivity (Wildman–Crippen MR) is 109 cm³/mol. The van der Waals surface area contributed by atoms with Crippen LogP contribution in [0.25, 0.3) is 0 Å². The molecule has 2 aromatic rings. The molecule has 2 saturated heterocycles. The highest BCUT2D eigenvalue weighted by Gasteiger charge is 2.53. The largest absolute Gasteiger partial charge is 0.325 e. The highest BCUT2D eigenvalue weighted by molar-refractivity contribution is 7.98. The van der Waals surface area contributed by atoms with Crippen molar-refractivity contribution in [1.29, 1.82) is 0 Å². The lowest BCUT2D eigenvalue weighted by Crippen LogP contribution is -2.37. The van der Waals surface area contributed by atoms with Gasteiger partial charge in [-0.1, -0.05) is 35.9 Å². The summed E-state index contributed by atoms with van der Waals surface area (Å²) in [6, 6.07) is 15.0. The summed E-state index contributed by atoms with van der Waals surface area (Å²) >= 11 is 1.60. The molecule has 4 rings (SSSR count). The van der Waals surface area contributed by atoms with Crippen LogP contribution in [0.15, 0.2) is 53.4 Å². The van der Waals surface area contributed by atoms with Gasteiger partial charge in [0.15, 0.2) is 9.84 Å². The molecule has 2 aromatic carbocycles. The predicted octanol–water partition coefficient (Wildman–Crippen LogP) is 3.32. The standard InChI is InChI=1S/C20H22N2O3S2/c1-14-5-3-6-15(9-14)11-21-18-12-27(24,25)13-19(18)22(20(21)23)16-7-4-8-17(10-16)26-2/h3-10,18-19H,11-13H2,1-2H3/t18-,19-/m1/s1. The lowest BCUT2D eigenvalue weighted by Gasteiger charge is -2.23. The number of hydrogen-bond donors (Lipinski definition) is 0. The fourth-order valence-corrected chi connectivity index (χ4v) is 6.43. The van der Waals surface area contributed by atoms with E-state index in [1.165, 1.54) is 0 Å². The molecular weight excluding hydrogens is 380 g/mol. The summed E-state index contributed by atoms with van der Waals surface area (Å²) < 4.78 is 24.7. The van der Waals surface area contributed by atoms with Gasteiger partial charge in [0.25, 0.3) is 0 Å². The number of urea groups is 1. The Labute approximate surface area is 164 Å². The number of sulfone groups is 1. The third-order valence-corrected chi connectivity index (χ3v) is 7.67. The van der Waals surface area contributed by atoms with E-state index in [2.05, 4.69) is 0 Å². The molecule has 0 aromatic heterocycles. The summed E-state index contributed by atoms with van der Waals surface area (Å²) in [5.41, 5.74) is 2.91. The van der Waals surface area contributed by atoms with Crippen LogP contribution in [0.2, 0.25) is 0 Å². The number of hydrogen-bond acceptors (Lipinski definition) is 4. The molecule has 0 N–H and O–H groups in total. The third kappa shape index (κ3) is 3.46. The van der Waals surface area contributed by atoms with Gasteiger partial charge < -0.3 is 4.90 Å². The van der Waals surface area contributed by atoms with Crippen molar-refractivity contribution in [2.75, 3.05) is 22.7 Å². The van der Waals surface area contributed by atoms with Crippen LogP contribution >= 0.6 is 11.8 Å². The molecule has 2 fully saturated rings. The molecule has 7 heteroatoms. The van der Waals surface area contributed by atoms with Crippen molar-refractivity contribution in [2.24, 2.45) is 0 Å². The zero-order valence-electron chi connectivity index (χ0n) is 15.3. The molecule has 0 aliphatic carbocycles. The fourth-order valence-electron chi connectivity index (χ4n) is 4.03. The summed E-state index contributed by atoms with van der Waals surface area (Å²) in [6.45, 7) is 2.44. The van der Waals surface area contributed by atoms with E-state index >= 15 is 0 Å². The Morgan fingerprint density at radius 3 is 2.56 bits per heavy atom. The van der Waals surface area contributed by atoms with E-state index in [0.717, 1.165) is 21.7 Å². The molecule has 0 radical (unpaired) electrons. The van der Waals surface area contributed by atoms with Gasteiger partial charge in [-0.25, -0.2) is 13.2 Å². The van der Waals surface area contributed by atoms with Crippen LogP contribution in [0.1, 0.15) is 11.1 Å². The van der Waals surface area contributed by atoms with Gasteiger partial charge in [-0.05, 0) is 36.9 Å². The van der Waals surface area contributed by atoms with Gasteiger partial charge >= 0.3 is 6.03 Å². The fraction of sp³-hybridized carbons (Fsp3) is 0.350. The van der Waals surface area contributed by atoms with Crippen molar-refractivity contribution in [3.05, 3.63) is 59.7 Å². The van der Waals surface area contributed by atoms with E-state index in [-0.39, 0.29) is 29.6 Å². The monoisotopic (exact) mass is 402 g/mol. The van der Waals surface area contributed by atoms with Crippen LogP contribution in [-0.4, -0.2) is 49.2 Å². The summed E-state index contributed by atoms with van der Waals surface area (Å²) in [7, 11) is -3.16. The topological polar surface area (TPSA) is 57.7 Å². The summed E-state index contributed by atoms with van der Waals surface area (Å²) in [5.74, 6) is 0.0607. The van der Waals surface area contributed by atoms with Crippen LogP contribution in [0.3, 0.4) is 0 Å². The van der Waals surface area contributed by atoms with Gasteiger partial charge in [-0.15, -0.1) is 11.8 Å². The SMILES string of the molecule is CSc1cccc(N2C(=O)N(Cc3cccc(C)c3)[C@@H]3CS(=O)(=O)C[C@H]32)c1. The van der Waals surface area contributed by atoms with Crippen molar-refractivity contribution in [2.45, 2.75) is 30.4 Å². The van der Waals surface area contributed by atoms with E-state index in [1.807, 2.05) is 61.7 Å². The maximum Gasteiger partial charge on any atom is 0.325 e. The van der Waals surface area contributed by atoms with Crippen molar-refractivity contribution in [3.8, 4) is 0 Å². The van der Waals surface area contributed by atoms with Gasteiger partial charge in [0.2, 0.25) is 0 Å². The van der Waals surface area contributed by atoms with Crippen molar-refractivity contribution in [3.63, 3.8) is 0 Å². The van der Waals surface area contributed by atoms with E-state index < -0.39 is 9.84 Å². The van der Waals surface area contributed by atoms with E-state index in [4.69, 9.17) is 0 Å². The van der Waals surface area contributed by atoms with Gasteiger partial charge in [0, 0.05) is 17.1 Å². The Balaban J connectivity index is 1.71. The van der Waals surface area contributed by atoms with Gasteiger partial charge in [-0.3, -0.25) is 4.90 Å². The maximum atomic E-state index is 13.3. The van der Waals surface area contributed by atoms with E-state index in [1.54, 1.807) is 21.6 Å². The molecule has 2 aliphatic heterocycles. The first-order valence-corrected chi connectivity index (χ1v) is 11.9. The molecule has 0 saturated carbocycles. The van der Waals surface area contributed by atoms with Crippen LogP contribution in [0, 0.1) is 6.92 Å². The Kier molecular flexibility index (Phi) is 4.68. The molecule has 2 atom stereocenters. The van der Waals surface area contributed by atoms with Crippen molar-refractivity contribution >= 4 is 33.3 Å². The van der Waals surface area contributed by atoms with Crippen LogP contribution < -0.4 is 4.90 Å². The molecule has 0 unspecified atom stereocenters. The average Bonchev–Trinajstić information content (AvgIpc) is 3.06. The number of nitrogens with zero attached hydrogens (tertiary/aromatic N) is 2. The van der Waals surface area contributed by atoms with Crippen molar-refractivity contribution < 1.29 is 13.2 Å². The second-order valence-electron chi connectivity index (χ2n) is 7.18.